The fourth-order valence-corrected chi connectivity index (χ4v) is 3.34. The molecule has 0 radical (unpaired) electrons. The van der Waals surface area contributed by atoms with Gasteiger partial charge in [0, 0.05) is 37.1 Å². The van der Waals surface area contributed by atoms with Crippen molar-refractivity contribution in [3.8, 4) is 0 Å². The molecule has 4 heteroatoms. The zero-order valence-electron chi connectivity index (χ0n) is 12.2. The smallest absolute Gasteiger partial charge is 0.219 e. The quantitative estimate of drug-likeness (QED) is 0.914. The number of nitrogens with one attached hydrogen (secondary N) is 1. The van der Waals surface area contributed by atoms with E-state index in [4.69, 9.17) is 0 Å². The number of likely N-dealkylation sites (tertiary alicyclic amines) is 1. The van der Waals surface area contributed by atoms with Crippen LogP contribution in [0.5, 0.6) is 0 Å². The first-order chi connectivity index (χ1) is 9.60. The Hall–Kier alpha value is -0.870. The van der Waals surface area contributed by atoms with Crippen LogP contribution in [-0.4, -0.2) is 29.9 Å². The van der Waals surface area contributed by atoms with Crippen molar-refractivity contribution in [2.45, 2.75) is 39.3 Å². The molecule has 1 aliphatic rings. The van der Waals surface area contributed by atoms with Crippen LogP contribution in [-0.2, 0) is 11.3 Å². The van der Waals surface area contributed by atoms with Gasteiger partial charge in [-0.25, -0.2) is 0 Å². The molecule has 20 heavy (non-hydrogen) atoms. The highest BCUT2D eigenvalue weighted by Gasteiger charge is 2.28. The lowest BCUT2D eigenvalue weighted by atomic mass is 9.89. The van der Waals surface area contributed by atoms with E-state index in [2.05, 4.69) is 46.4 Å². The van der Waals surface area contributed by atoms with E-state index < -0.39 is 0 Å². The van der Waals surface area contributed by atoms with Crippen molar-refractivity contribution in [3.63, 3.8) is 0 Å². The van der Waals surface area contributed by atoms with Gasteiger partial charge in [0.25, 0.3) is 0 Å². The number of rotatable bonds is 4. The number of amides is 1. The van der Waals surface area contributed by atoms with Gasteiger partial charge >= 0.3 is 0 Å². The minimum Gasteiger partial charge on any atom is -0.343 e. The van der Waals surface area contributed by atoms with Gasteiger partial charge < -0.3 is 10.2 Å². The number of carbonyl (C=O) groups excluding carboxylic acids is 1. The normalized spacial score (nSPS) is 22.9. The van der Waals surface area contributed by atoms with Crippen molar-refractivity contribution in [1.29, 1.82) is 0 Å². The van der Waals surface area contributed by atoms with E-state index >= 15 is 0 Å². The molecule has 0 saturated carbocycles. The lowest BCUT2D eigenvalue weighted by Crippen LogP contribution is -2.50. The highest BCUT2D eigenvalue weighted by atomic mass is 79.9. The molecule has 1 fully saturated rings. The van der Waals surface area contributed by atoms with Crippen molar-refractivity contribution < 1.29 is 4.79 Å². The van der Waals surface area contributed by atoms with Crippen LogP contribution in [0.3, 0.4) is 0 Å². The molecular weight excluding hydrogens is 316 g/mol. The van der Waals surface area contributed by atoms with Gasteiger partial charge in [0.2, 0.25) is 5.91 Å². The summed E-state index contributed by atoms with van der Waals surface area (Å²) in [6.45, 7) is 6.54. The predicted octanol–water partition coefficient (Wildman–Crippen LogP) is 3.19. The van der Waals surface area contributed by atoms with E-state index in [1.807, 2.05) is 11.0 Å². The fraction of sp³-hybridized carbons (Fsp3) is 0.562. The summed E-state index contributed by atoms with van der Waals surface area (Å²) >= 11 is 3.51. The van der Waals surface area contributed by atoms with E-state index in [-0.39, 0.29) is 5.91 Å². The Morgan fingerprint density at radius 2 is 2.30 bits per heavy atom. The van der Waals surface area contributed by atoms with E-state index in [0.717, 1.165) is 36.9 Å². The first-order valence-corrected chi connectivity index (χ1v) is 8.12. The molecule has 0 aromatic heterocycles. The van der Waals surface area contributed by atoms with Crippen molar-refractivity contribution in [2.75, 3.05) is 13.1 Å². The van der Waals surface area contributed by atoms with Gasteiger partial charge in [0.05, 0.1) is 0 Å². The number of hydrogen-bond donors (Lipinski definition) is 1. The molecule has 1 aromatic rings. The second kappa shape index (κ2) is 7.23. The maximum atomic E-state index is 11.5. The Morgan fingerprint density at radius 3 is 2.95 bits per heavy atom. The third-order valence-electron chi connectivity index (χ3n) is 4.16. The summed E-state index contributed by atoms with van der Waals surface area (Å²) in [6.07, 6.45) is 2.16. The Balaban J connectivity index is 1.90. The fourth-order valence-electron chi connectivity index (χ4n) is 2.90. The molecule has 1 saturated heterocycles. The topological polar surface area (TPSA) is 32.3 Å². The predicted molar refractivity (Wildman–Crippen MR) is 85.4 cm³/mol. The van der Waals surface area contributed by atoms with E-state index in [1.54, 1.807) is 6.92 Å². The third-order valence-corrected chi connectivity index (χ3v) is 4.65. The van der Waals surface area contributed by atoms with Gasteiger partial charge in [-0.3, -0.25) is 4.79 Å². The number of nitrogens with zero attached hydrogens (tertiary/aromatic N) is 1. The minimum atomic E-state index is 0.203. The molecule has 0 unspecified atom stereocenters. The van der Waals surface area contributed by atoms with Crippen LogP contribution in [0.4, 0.5) is 0 Å². The number of carbonyl (C=O) groups is 1. The largest absolute Gasteiger partial charge is 0.343 e. The maximum Gasteiger partial charge on any atom is 0.219 e. The molecule has 110 valence electrons. The molecule has 1 amide bonds. The summed E-state index contributed by atoms with van der Waals surface area (Å²) in [7, 11) is 0. The third kappa shape index (κ3) is 4.06. The van der Waals surface area contributed by atoms with Gasteiger partial charge in [-0.05, 0) is 30.0 Å². The van der Waals surface area contributed by atoms with Crippen LogP contribution in [0.15, 0.2) is 28.7 Å². The van der Waals surface area contributed by atoms with E-state index in [0.29, 0.717) is 12.0 Å². The van der Waals surface area contributed by atoms with Crippen molar-refractivity contribution in [1.82, 2.24) is 10.2 Å². The number of benzene rings is 1. The number of halogens is 1. The molecule has 1 aliphatic heterocycles. The monoisotopic (exact) mass is 338 g/mol. The maximum absolute atomic E-state index is 11.5. The Bertz CT molecular complexity index is 464. The number of piperidine rings is 1. The molecule has 1 aromatic carbocycles. The summed E-state index contributed by atoms with van der Waals surface area (Å²) in [4.78, 5) is 13.5. The van der Waals surface area contributed by atoms with Crippen molar-refractivity contribution in [2.24, 2.45) is 5.92 Å². The molecule has 0 bridgehead atoms. The average molecular weight is 339 g/mol. The summed E-state index contributed by atoms with van der Waals surface area (Å²) < 4.78 is 1.12. The van der Waals surface area contributed by atoms with Crippen molar-refractivity contribution in [3.05, 3.63) is 34.3 Å². The van der Waals surface area contributed by atoms with Crippen LogP contribution < -0.4 is 5.32 Å². The summed E-state index contributed by atoms with van der Waals surface area (Å²) in [5.74, 6) is 0.758. The summed E-state index contributed by atoms with van der Waals surface area (Å²) in [5.41, 5.74) is 1.29. The molecule has 3 nitrogen and oxygen atoms in total. The van der Waals surface area contributed by atoms with Crippen molar-refractivity contribution >= 4 is 21.8 Å². The van der Waals surface area contributed by atoms with Gasteiger partial charge in [-0.15, -0.1) is 0 Å². The minimum absolute atomic E-state index is 0.203. The SMILES string of the molecule is CC[C@H]1CN(C(C)=O)CC[C@@H]1NCc1cccc(Br)c1. The zero-order valence-corrected chi connectivity index (χ0v) is 13.8. The number of hydrogen-bond acceptors (Lipinski definition) is 2. The molecule has 1 N–H and O–H groups in total. The second-order valence-corrected chi connectivity index (χ2v) is 6.46. The Morgan fingerprint density at radius 1 is 1.50 bits per heavy atom. The van der Waals surface area contributed by atoms with E-state index in [1.165, 1.54) is 5.56 Å². The Kier molecular flexibility index (Phi) is 5.61. The highest BCUT2D eigenvalue weighted by molar-refractivity contribution is 9.10. The standard InChI is InChI=1S/C16H23BrN2O/c1-3-14-11-19(12(2)20)8-7-16(14)18-10-13-5-4-6-15(17)9-13/h4-6,9,14,16,18H,3,7-8,10-11H2,1-2H3/t14-,16-/m0/s1. The van der Waals surface area contributed by atoms with Gasteiger partial charge in [0.15, 0.2) is 0 Å². The van der Waals surface area contributed by atoms with Crippen LogP contribution in [0, 0.1) is 5.92 Å². The molecule has 0 aliphatic carbocycles. The van der Waals surface area contributed by atoms with Gasteiger partial charge in [-0.2, -0.15) is 0 Å². The first kappa shape index (κ1) is 15.5. The molecule has 1 heterocycles. The van der Waals surface area contributed by atoms with Crippen LogP contribution in [0.2, 0.25) is 0 Å². The highest BCUT2D eigenvalue weighted by Crippen LogP contribution is 2.21. The molecular formula is C16H23BrN2O. The second-order valence-electron chi connectivity index (χ2n) is 5.54. The summed E-state index contributed by atoms with van der Waals surface area (Å²) in [6, 6.07) is 8.91. The summed E-state index contributed by atoms with van der Waals surface area (Å²) in [5, 5.41) is 3.67. The van der Waals surface area contributed by atoms with Crippen LogP contribution in [0.25, 0.3) is 0 Å². The van der Waals surface area contributed by atoms with Crippen LogP contribution in [0.1, 0.15) is 32.3 Å². The molecule has 2 rings (SSSR count). The lowest BCUT2D eigenvalue weighted by Gasteiger charge is -2.38. The van der Waals surface area contributed by atoms with Gasteiger partial charge in [0.1, 0.15) is 0 Å². The average Bonchev–Trinajstić information content (AvgIpc) is 2.45. The van der Waals surface area contributed by atoms with Crippen LogP contribution >= 0.6 is 15.9 Å². The molecule has 0 spiro atoms. The zero-order chi connectivity index (χ0) is 14.5. The Labute approximate surface area is 129 Å². The lowest BCUT2D eigenvalue weighted by molar-refractivity contribution is -0.131. The van der Waals surface area contributed by atoms with E-state index in [9.17, 15) is 4.79 Å². The van der Waals surface area contributed by atoms with Gasteiger partial charge in [-0.1, -0.05) is 41.4 Å². The first-order valence-electron chi connectivity index (χ1n) is 7.33. The molecule has 2 atom stereocenters.